The van der Waals surface area contributed by atoms with Crippen molar-refractivity contribution in [1.82, 2.24) is 5.32 Å². The van der Waals surface area contributed by atoms with Gasteiger partial charge in [-0.2, -0.15) is 0 Å². The Bertz CT molecular complexity index is 401. The number of hydrogen-bond donors (Lipinski definition) is 2. The molecule has 2 aliphatic rings. The lowest BCUT2D eigenvalue weighted by molar-refractivity contribution is 0.0732. The van der Waals surface area contributed by atoms with Crippen LogP contribution in [0.2, 0.25) is 0 Å². The summed E-state index contributed by atoms with van der Waals surface area (Å²) in [6.07, 6.45) is 7.27. The number of amides is 1. The Kier molecular flexibility index (Phi) is 3.12. The monoisotopic (exact) mass is 248 g/mol. The molecular formula is C14H20N2O2. The van der Waals surface area contributed by atoms with E-state index in [1.807, 2.05) is 0 Å². The minimum atomic E-state index is -0.0858. The van der Waals surface area contributed by atoms with Crippen molar-refractivity contribution in [2.24, 2.45) is 17.6 Å². The topological polar surface area (TPSA) is 68.3 Å². The van der Waals surface area contributed by atoms with Crippen LogP contribution in [0.15, 0.2) is 22.8 Å². The van der Waals surface area contributed by atoms with Gasteiger partial charge in [0.25, 0.3) is 5.91 Å². The minimum absolute atomic E-state index is 0.0858. The average molecular weight is 248 g/mol. The first-order valence-electron chi connectivity index (χ1n) is 6.84. The van der Waals surface area contributed by atoms with Gasteiger partial charge in [0.05, 0.1) is 6.26 Å². The normalized spacial score (nSPS) is 35.2. The molecule has 4 heteroatoms. The van der Waals surface area contributed by atoms with E-state index >= 15 is 0 Å². The molecule has 1 amide bonds. The van der Waals surface area contributed by atoms with Crippen LogP contribution in [0.5, 0.6) is 0 Å². The van der Waals surface area contributed by atoms with Crippen LogP contribution in [0, 0.1) is 11.8 Å². The largest absolute Gasteiger partial charge is 0.459 e. The van der Waals surface area contributed by atoms with Crippen molar-refractivity contribution >= 4 is 5.91 Å². The second-order valence-corrected chi connectivity index (χ2v) is 5.66. The van der Waals surface area contributed by atoms with Gasteiger partial charge in [-0.15, -0.1) is 0 Å². The molecule has 1 aromatic rings. The van der Waals surface area contributed by atoms with Crippen molar-refractivity contribution in [3.05, 3.63) is 24.2 Å². The van der Waals surface area contributed by atoms with Gasteiger partial charge in [0.1, 0.15) is 0 Å². The number of nitrogens with one attached hydrogen (secondary N) is 1. The van der Waals surface area contributed by atoms with Crippen molar-refractivity contribution < 1.29 is 9.21 Å². The van der Waals surface area contributed by atoms with Gasteiger partial charge in [0.15, 0.2) is 5.76 Å². The third kappa shape index (κ3) is 2.17. The van der Waals surface area contributed by atoms with Crippen molar-refractivity contribution in [3.8, 4) is 0 Å². The maximum Gasteiger partial charge on any atom is 0.287 e. The highest BCUT2D eigenvalue weighted by molar-refractivity contribution is 5.91. The molecule has 0 saturated heterocycles. The molecule has 2 unspecified atom stereocenters. The molecule has 3 N–H and O–H groups in total. The number of carbonyl (C=O) groups is 1. The molecule has 3 rings (SSSR count). The van der Waals surface area contributed by atoms with Crippen LogP contribution in [0.25, 0.3) is 0 Å². The third-order valence-corrected chi connectivity index (χ3v) is 4.42. The Balaban J connectivity index is 1.70. The second-order valence-electron chi connectivity index (χ2n) is 5.66. The van der Waals surface area contributed by atoms with Crippen molar-refractivity contribution in [2.75, 3.05) is 0 Å². The number of carbonyl (C=O) groups excluding carboxylic acids is 1. The lowest BCUT2D eigenvalue weighted by Crippen LogP contribution is -2.53. The first kappa shape index (κ1) is 11.8. The second kappa shape index (κ2) is 4.76. The standard InChI is InChI=1S/C14H20N2O2/c15-11-7-9-3-1-4-10(8-11)13(9)16-14(17)12-5-2-6-18-12/h2,5-6,9-11,13H,1,3-4,7-8,15H2,(H,16,17). The van der Waals surface area contributed by atoms with E-state index in [0.717, 1.165) is 12.8 Å². The van der Waals surface area contributed by atoms with Crippen LogP contribution in [0.3, 0.4) is 0 Å². The summed E-state index contributed by atoms with van der Waals surface area (Å²) in [4.78, 5) is 12.1. The molecule has 0 aliphatic heterocycles. The molecule has 4 nitrogen and oxygen atoms in total. The van der Waals surface area contributed by atoms with Gasteiger partial charge >= 0.3 is 0 Å². The number of fused-ring (bicyclic) bond motifs is 2. The molecule has 1 heterocycles. The molecule has 98 valence electrons. The van der Waals surface area contributed by atoms with Gasteiger partial charge in [-0.1, -0.05) is 6.42 Å². The Morgan fingerprint density at radius 1 is 1.33 bits per heavy atom. The van der Waals surface area contributed by atoms with Crippen LogP contribution in [0.4, 0.5) is 0 Å². The highest BCUT2D eigenvalue weighted by Crippen LogP contribution is 2.39. The molecular weight excluding hydrogens is 228 g/mol. The van der Waals surface area contributed by atoms with Gasteiger partial charge in [-0.05, 0) is 49.7 Å². The van der Waals surface area contributed by atoms with Gasteiger partial charge in [-0.25, -0.2) is 0 Å². The van der Waals surface area contributed by atoms with Crippen LogP contribution in [-0.2, 0) is 0 Å². The third-order valence-electron chi connectivity index (χ3n) is 4.42. The van der Waals surface area contributed by atoms with Gasteiger partial charge in [0.2, 0.25) is 0 Å². The quantitative estimate of drug-likeness (QED) is 0.840. The maximum absolute atomic E-state index is 12.1. The van der Waals surface area contributed by atoms with E-state index in [9.17, 15) is 4.79 Å². The maximum atomic E-state index is 12.1. The minimum Gasteiger partial charge on any atom is -0.459 e. The Labute approximate surface area is 107 Å². The van der Waals surface area contributed by atoms with Gasteiger partial charge in [-0.3, -0.25) is 4.79 Å². The fraction of sp³-hybridized carbons (Fsp3) is 0.643. The summed E-state index contributed by atoms with van der Waals surface area (Å²) >= 11 is 0. The summed E-state index contributed by atoms with van der Waals surface area (Å²) in [6.45, 7) is 0. The van der Waals surface area contributed by atoms with Crippen molar-refractivity contribution in [2.45, 2.75) is 44.2 Å². The fourth-order valence-electron chi connectivity index (χ4n) is 3.66. The zero-order valence-corrected chi connectivity index (χ0v) is 10.5. The molecule has 0 aromatic carbocycles. The van der Waals surface area contributed by atoms with Crippen molar-refractivity contribution in [3.63, 3.8) is 0 Å². The summed E-state index contributed by atoms with van der Waals surface area (Å²) in [7, 11) is 0. The molecule has 0 spiro atoms. The number of rotatable bonds is 2. The van der Waals surface area contributed by atoms with E-state index in [1.54, 1.807) is 12.1 Å². The van der Waals surface area contributed by atoms with E-state index in [1.165, 1.54) is 25.5 Å². The molecule has 2 saturated carbocycles. The predicted molar refractivity (Wildman–Crippen MR) is 68.0 cm³/mol. The smallest absolute Gasteiger partial charge is 0.287 e. The molecule has 2 fully saturated rings. The summed E-state index contributed by atoms with van der Waals surface area (Å²) in [6, 6.07) is 4.06. The van der Waals surface area contributed by atoms with Gasteiger partial charge in [0, 0.05) is 12.1 Å². The summed E-state index contributed by atoms with van der Waals surface area (Å²) in [5, 5.41) is 3.16. The van der Waals surface area contributed by atoms with Crippen LogP contribution in [0.1, 0.15) is 42.7 Å². The van der Waals surface area contributed by atoms with E-state index < -0.39 is 0 Å². The van der Waals surface area contributed by atoms with Crippen molar-refractivity contribution in [1.29, 1.82) is 0 Å². The molecule has 2 aliphatic carbocycles. The Morgan fingerprint density at radius 3 is 2.67 bits per heavy atom. The first-order chi connectivity index (χ1) is 8.74. The van der Waals surface area contributed by atoms with E-state index in [0.29, 0.717) is 23.6 Å². The molecule has 18 heavy (non-hydrogen) atoms. The van der Waals surface area contributed by atoms with E-state index in [2.05, 4.69) is 5.32 Å². The van der Waals surface area contributed by atoms with Crippen LogP contribution >= 0.6 is 0 Å². The lowest BCUT2D eigenvalue weighted by atomic mass is 9.67. The first-order valence-corrected chi connectivity index (χ1v) is 6.84. The van der Waals surface area contributed by atoms with Crippen LogP contribution in [-0.4, -0.2) is 18.0 Å². The number of furan rings is 1. The number of hydrogen-bond acceptors (Lipinski definition) is 3. The SMILES string of the molecule is NC1CC2CCCC(C1)C2NC(=O)c1ccco1. The molecule has 2 bridgehead atoms. The summed E-state index contributed by atoms with van der Waals surface area (Å²) in [5.74, 6) is 1.41. The lowest BCUT2D eigenvalue weighted by Gasteiger charge is -2.45. The van der Waals surface area contributed by atoms with E-state index in [4.69, 9.17) is 10.2 Å². The zero-order chi connectivity index (χ0) is 12.5. The highest BCUT2D eigenvalue weighted by Gasteiger charge is 2.40. The average Bonchev–Trinajstić information content (AvgIpc) is 2.83. The highest BCUT2D eigenvalue weighted by atomic mass is 16.3. The summed E-state index contributed by atoms with van der Waals surface area (Å²) in [5.41, 5.74) is 6.08. The molecule has 1 aromatic heterocycles. The summed E-state index contributed by atoms with van der Waals surface area (Å²) < 4.78 is 5.14. The molecule has 2 atom stereocenters. The Morgan fingerprint density at radius 2 is 2.06 bits per heavy atom. The fourth-order valence-corrected chi connectivity index (χ4v) is 3.66. The predicted octanol–water partition coefficient (Wildman–Crippen LogP) is 1.92. The molecule has 0 radical (unpaired) electrons. The Hall–Kier alpha value is -1.29. The van der Waals surface area contributed by atoms with Crippen LogP contribution < -0.4 is 11.1 Å². The number of nitrogens with two attached hydrogens (primary N) is 1. The van der Waals surface area contributed by atoms with E-state index in [-0.39, 0.29) is 11.9 Å². The van der Waals surface area contributed by atoms with Gasteiger partial charge < -0.3 is 15.5 Å². The zero-order valence-electron chi connectivity index (χ0n) is 10.5.